The quantitative estimate of drug-likeness (QED) is 0.728. The average Bonchev–Trinajstić information content (AvgIpc) is 2.48. The molecule has 0 saturated carbocycles. The van der Waals surface area contributed by atoms with Crippen LogP contribution in [-0.4, -0.2) is 20.1 Å². The zero-order valence-corrected chi connectivity index (χ0v) is 11.8. The van der Waals surface area contributed by atoms with Crippen LogP contribution < -0.4 is 10.5 Å². The average molecular weight is 310 g/mol. The summed E-state index contributed by atoms with van der Waals surface area (Å²) in [7, 11) is -3.92. The standard InChI is InChI=1S/C14H15FN2O3S/c15-12-7-6-11(8-13(12)16)21(19,20)17-14(9-18)10-4-2-1-3-5-10/h1-8,14,17-18H,9,16H2. The number of hydrogen-bond donors (Lipinski definition) is 3. The number of anilines is 1. The van der Waals surface area contributed by atoms with Gasteiger partial charge >= 0.3 is 0 Å². The van der Waals surface area contributed by atoms with Crippen LogP contribution in [0, 0.1) is 5.82 Å². The highest BCUT2D eigenvalue weighted by Crippen LogP contribution is 2.20. The van der Waals surface area contributed by atoms with Gasteiger partial charge in [-0.1, -0.05) is 30.3 Å². The van der Waals surface area contributed by atoms with Crippen molar-refractivity contribution >= 4 is 15.7 Å². The second kappa shape index (κ2) is 6.21. The van der Waals surface area contributed by atoms with Crippen LogP contribution >= 0.6 is 0 Å². The summed E-state index contributed by atoms with van der Waals surface area (Å²) in [6, 6.07) is 11.0. The Balaban J connectivity index is 2.29. The van der Waals surface area contributed by atoms with Crippen molar-refractivity contribution < 1.29 is 17.9 Å². The van der Waals surface area contributed by atoms with Gasteiger partial charge in [-0.05, 0) is 23.8 Å². The number of halogens is 1. The molecule has 2 rings (SSSR count). The number of nitrogens with two attached hydrogens (primary N) is 1. The summed E-state index contributed by atoms with van der Waals surface area (Å²) in [6.07, 6.45) is 0. The maximum absolute atomic E-state index is 13.1. The molecule has 21 heavy (non-hydrogen) atoms. The zero-order valence-electron chi connectivity index (χ0n) is 11.0. The second-order valence-electron chi connectivity index (χ2n) is 4.45. The Labute approximate surface area is 122 Å². The van der Waals surface area contributed by atoms with Crippen LogP contribution in [0.2, 0.25) is 0 Å². The first-order valence-electron chi connectivity index (χ1n) is 6.17. The molecule has 0 bridgehead atoms. The lowest BCUT2D eigenvalue weighted by atomic mass is 10.1. The highest BCUT2D eigenvalue weighted by molar-refractivity contribution is 7.89. The number of sulfonamides is 1. The van der Waals surface area contributed by atoms with Gasteiger partial charge in [-0.2, -0.15) is 0 Å². The first kappa shape index (κ1) is 15.4. The number of benzene rings is 2. The maximum atomic E-state index is 13.1. The first-order chi connectivity index (χ1) is 9.94. The molecule has 2 aromatic carbocycles. The van der Waals surface area contributed by atoms with E-state index in [1.54, 1.807) is 30.3 Å². The topological polar surface area (TPSA) is 92.4 Å². The van der Waals surface area contributed by atoms with E-state index in [-0.39, 0.29) is 10.6 Å². The Hall–Kier alpha value is -1.96. The Morgan fingerprint density at radius 1 is 1.19 bits per heavy atom. The first-order valence-corrected chi connectivity index (χ1v) is 7.65. The molecule has 0 aliphatic carbocycles. The van der Waals surface area contributed by atoms with Crippen molar-refractivity contribution in [2.45, 2.75) is 10.9 Å². The molecular formula is C14H15FN2O3S. The molecule has 5 nitrogen and oxygen atoms in total. The maximum Gasteiger partial charge on any atom is 0.241 e. The van der Waals surface area contributed by atoms with Crippen molar-refractivity contribution in [3.8, 4) is 0 Å². The highest BCUT2D eigenvalue weighted by Gasteiger charge is 2.21. The number of aliphatic hydroxyl groups is 1. The van der Waals surface area contributed by atoms with E-state index in [0.29, 0.717) is 5.56 Å². The summed E-state index contributed by atoms with van der Waals surface area (Å²) in [6.45, 7) is -0.403. The van der Waals surface area contributed by atoms with Crippen LogP contribution in [0.3, 0.4) is 0 Å². The lowest BCUT2D eigenvalue weighted by molar-refractivity contribution is 0.259. The van der Waals surface area contributed by atoms with Crippen molar-refractivity contribution in [3.63, 3.8) is 0 Å². The van der Waals surface area contributed by atoms with Crippen molar-refractivity contribution in [2.75, 3.05) is 12.3 Å². The number of nitrogens with one attached hydrogen (secondary N) is 1. The van der Waals surface area contributed by atoms with Gasteiger partial charge in [-0.15, -0.1) is 0 Å². The Morgan fingerprint density at radius 2 is 1.86 bits per heavy atom. The molecule has 0 aliphatic rings. The fourth-order valence-electron chi connectivity index (χ4n) is 1.84. The van der Waals surface area contributed by atoms with Gasteiger partial charge in [-0.3, -0.25) is 0 Å². The van der Waals surface area contributed by atoms with E-state index >= 15 is 0 Å². The number of nitrogen functional groups attached to an aromatic ring is 1. The summed E-state index contributed by atoms with van der Waals surface area (Å²) in [5, 5.41) is 9.38. The summed E-state index contributed by atoms with van der Waals surface area (Å²) < 4.78 is 39.9. The monoisotopic (exact) mass is 310 g/mol. The third-order valence-corrected chi connectivity index (χ3v) is 4.43. The molecule has 0 aliphatic heterocycles. The van der Waals surface area contributed by atoms with Gasteiger partial charge in [0.1, 0.15) is 5.82 Å². The van der Waals surface area contributed by atoms with Crippen LogP contribution in [-0.2, 0) is 10.0 Å². The molecule has 0 fully saturated rings. The smallest absolute Gasteiger partial charge is 0.241 e. The molecule has 0 amide bonds. The third-order valence-electron chi connectivity index (χ3n) is 2.96. The molecular weight excluding hydrogens is 295 g/mol. The Kier molecular flexibility index (Phi) is 4.56. The van der Waals surface area contributed by atoms with Gasteiger partial charge < -0.3 is 10.8 Å². The minimum absolute atomic E-state index is 0.157. The van der Waals surface area contributed by atoms with Crippen LogP contribution in [0.25, 0.3) is 0 Å². The summed E-state index contributed by atoms with van der Waals surface area (Å²) in [5.74, 6) is -0.685. The highest BCUT2D eigenvalue weighted by atomic mass is 32.2. The molecule has 4 N–H and O–H groups in total. The van der Waals surface area contributed by atoms with E-state index in [4.69, 9.17) is 5.73 Å². The fraction of sp³-hybridized carbons (Fsp3) is 0.143. The van der Waals surface area contributed by atoms with Crippen molar-refractivity contribution in [1.82, 2.24) is 4.72 Å². The summed E-state index contributed by atoms with van der Waals surface area (Å²) in [4.78, 5) is -0.157. The molecule has 0 spiro atoms. The lowest BCUT2D eigenvalue weighted by Crippen LogP contribution is -2.31. The summed E-state index contributed by atoms with van der Waals surface area (Å²) in [5.41, 5.74) is 5.75. The van der Waals surface area contributed by atoms with Gasteiger partial charge in [0.05, 0.1) is 23.2 Å². The van der Waals surface area contributed by atoms with Crippen molar-refractivity contribution in [2.24, 2.45) is 0 Å². The number of rotatable bonds is 5. The Bertz CT molecular complexity index is 720. The van der Waals surface area contributed by atoms with Crippen LogP contribution in [0.4, 0.5) is 10.1 Å². The molecule has 0 aromatic heterocycles. The minimum Gasteiger partial charge on any atom is -0.396 e. The molecule has 0 radical (unpaired) electrons. The SMILES string of the molecule is Nc1cc(S(=O)(=O)NC(CO)c2ccccc2)ccc1F. The molecule has 1 atom stereocenters. The minimum atomic E-state index is -3.92. The second-order valence-corrected chi connectivity index (χ2v) is 6.16. The van der Waals surface area contributed by atoms with Crippen LogP contribution in [0.15, 0.2) is 53.4 Å². The summed E-state index contributed by atoms with van der Waals surface area (Å²) >= 11 is 0. The number of hydrogen-bond acceptors (Lipinski definition) is 4. The van der Waals surface area contributed by atoms with E-state index in [1.165, 1.54) is 0 Å². The van der Waals surface area contributed by atoms with E-state index in [2.05, 4.69) is 4.72 Å². The Morgan fingerprint density at radius 3 is 2.43 bits per heavy atom. The molecule has 1 unspecified atom stereocenters. The largest absolute Gasteiger partial charge is 0.396 e. The van der Waals surface area contributed by atoms with E-state index in [9.17, 15) is 17.9 Å². The predicted molar refractivity (Wildman–Crippen MR) is 77.4 cm³/mol. The zero-order chi connectivity index (χ0) is 15.5. The number of aliphatic hydroxyl groups excluding tert-OH is 1. The molecule has 112 valence electrons. The molecule has 0 saturated heterocycles. The van der Waals surface area contributed by atoms with E-state index in [1.807, 2.05) is 0 Å². The van der Waals surface area contributed by atoms with Crippen LogP contribution in [0.5, 0.6) is 0 Å². The van der Waals surface area contributed by atoms with Gasteiger partial charge in [-0.25, -0.2) is 17.5 Å². The van der Waals surface area contributed by atoms with Gasteiger partial charge in [0, 0.05) is 0 Å². The van der Waals surface area contributed by atoms with Gasteiger partial charge in [0.2, 0.25) is 10.0 Å². The molecule has 0 heterocycles. The van der Waals surface area contributed by atoms with E-state index < -0.39 is 28.5 Å². The van der Waals surface area contributed by atoms with Crippen LogP contribution in [0.1, 0.15) is 11.6 Å². The van der Waals surface area contributed by atoms with Crippen molar-refractivity contribution in [1.29, 1.82) is 0 Å². The van der Waals surface area contributed by atoms with Gasteiger partial charge in [0.15, 0.2) is 0 Å². The third kappa shape index (κ3) is 3.57. The molecule has 7 heteroatoms. The predicted octanol–water partition coefficient (Wildman–Crippen LogP) is 1.42. The van der Waals surface area contributed by atoms with Gasteiger partial charge in [0.25, 0.3) is 0 Å². The van der Waals surface area contributed by atoms with Crippen molar-refractivity contribution in [3.05, 3.63) is 59.9 Å². The molecule has 2 aromatic rings. The lowest BCUT2D eigenvalue weighted by Gasteiger charge is -2.17. The van der Waals surface area contributed by atoms with E-state index in [0.717, 1.165) is 18.2 Å². The fourth-order valence-corrected chi connectivity index (χ4v) is 3.09. The normalized spacial score (nSPS) is 13.0.